The zero-order valence-electron chi connectivity index (χ0n) is 30.7. The second-order valence-electron chi connectivity index (χ2n) is 13.9. The lowest BCUT2D eigenvalue weighted by atomic mass is 9.95. The number of hydrogen-bond donors (Lipinski definition) is 0. The van der Waals surface area contributed by atoms with Gasteiger partial charge in [-0.2, -0.15) is 5.26 Å². The van der Waals surface area contributed by atoms with Crippen LogP contribution in [0, 0.1) is 17.9 Å². The second-order valence-corrected chi connectivity index (χ2v) is 13.9. The number of amides is 2. The molecule has 4 heterocycles. The number of aromatic nitrogens is 3. The smallest absolute Gasteiger partial charge is 0.270 e. The van der Waals surface area contributed by atoms with Gasteiger partial charge < -0.3 is 9.41 Å². The molecule has 58 heavy (non-hydrogen) atoms. The Kier molecular flexibility index (Phi) is 8.04. The third-order valence-electron chi connectivity index (χ3n) is 10.6. The normalized spacial score (nSPS) is 12.1. The third-order valence-corrected chi connectivity index (χ3v) is 10.6. The SMILES string of the molecule is [C-]#[N+]c1cccc(-c2ccc3c(c2)c2cc(-c4cccc(C#N)n4)ccc2n3-c2cccc3c2C(=O)N(c2c(-c4ccccc4)cccc2-c2ccccc2)C3=O)n1. The van der Waals surface area contributed by atoms with Gasteiger partial charge in [-0.3, -0.25) is 9.59 Å². The predicted octanol–water partition coefficient (Wildman–Crippen LogP) is 11.5. The summed E-state index contributed by atoms with van der Waals surface area (Å²) in [7, 11) is 0. The van der Waals surface area contributed by atoms with Crippen molar-refractivity contribution in [3.8, 4) is 56.5 Å². The van der Waals surface area contributed by atoms with Crippen LogP contribution >= 0.6 is 0 Å². The number of pyridine rings is 2. The monoisotopic (exact) mass is 744 g/mol. The van der Waals surface area contributed by atoms with E-state index in [0.29, 0.717) is 45.4 Å². The first-order valence-electron chi connectivity index (χ1n) is 18.6. The molecule has 9 aromatic rings. The average Bonchev–Trinajstić information content (AvgIpc) is 3.75. The van der Waals surface area contributed by atoms with Crippen molar-refractivity contribution in [2.75, 3.05) is 4.90 Å². The van der Waals surface area contributed by atoms with Crippen LogP contribution in [-0.4, -0.2) is 26.3 Å². The summed E-state index contributed by atoms with van der Waals surface area (Å²) in [6.07, 6.45) is 0. The van der Waals surface area contributed by atoms with Crippen molar-refractivity contribution in [2.24, 2.45) is 0 Å². The molecule has 0 saturated carbocycles. The van der Waals surface area contributed by atoms with Crippen LogP contribution in [0.5, 0.6) is 0 Å². The van der Waals surface area contributed by atoms with Crippen LogP contribution in [0.4, 0.5) is 11.5 Å². The van der Waals surface area contributed by atoms with E-state index in [1.54, 1.807) is 18.2 Å². The number of nitriles is 1. The van der Waals surface area contributed by atoms with Crippen molar-refractivity contribution in [1.29, 1.82) is 5.26 Å². The van der Waals surface area contributed by atoms with Gasteiger partial charge in [-0.1, -0.05) is 110 Å². The molecule has 0 N–H and O–H groups in total. The molecule has 0 aliphatic carbocycles. The highest BCUT2D eigenvalue weighted by molar-refractivity contribution is 6.37. The molecule has 2 amide bonds. The summed E-state index contributed by atoms with van der Waals surface area (Å²) < 4.78 is 2.04. The van der Waals surface area contributed by atoms with Crippen LogP contribution in [0.15, 0.2) is 170 Å². The topological polar surface area (TPSA) is 96.2 Å². The average molecular weight is 745 g/mol. The highest BCUT2D eigenvalue weighted by atomic mass is 16.2. The maximum Gasteiger partial charge on any atom is 0.270 e. The first-order chi connectivity index (χ1) is 28.5. The fourth-order valence-electron chi connectivity index (χ4n) is 8.05. The van der Waals surface area contributed by atoms with E-state index in [4.69, 9.17) is 6.57 Å². The van der Waals surface area contributed by atoms with Crippen LogP contribution in [0.2, 0.25) is 0 Å². The van der Waals surface area contributed by atoms with Gasteiger partial charge in [0.1, 0.15) is 11.8 Å². The zero-order valence-corrected chi connectivity index (χ0v) is 30.7. The summed E-state index contributed by atoms with van der Waals surface area (Å²) in [5.41, 5.74) is 9.83. The molecule has 0 atom stereocenters. The summed E-state index contributed by atoms with van der Waals surface area (Å²) in [5, 5.41) is 11.3. The van der Waals surface area contributed by atoms with Crippen molar-refractivity contribution in [3.63, 3.8) is 0 Å². The number of para-hydroxylation sites is 1. The van der Waals surface area contributed by atoms with Gasteiger partial charge in [0, 0.05) is 33.0 Å². The number of rotatable bonds is 6. The van der Waals surface area contributed by atoms with Crippen LogP contribution in [0.3, 0.4) is 0 Å². The van der Waals surface area contributed by atoms with E-state index in [-0.39, 0.29) is 0 Å². The van der Waals surface area contributed by atoms with E-state index >= 15 is 4.79 Å². The van der Waals surface area contributed by atoms with Crippen LogP contribution in [0.25, 0.3) is 77.1 Å². The molecule has 8 heteroatoms. The van der Waals surface area contributed by atoms with Gasteiger partial charge in [0.15, 0.2) is 5.69 Å². The minimum Gasteiger partial charge on any atom is -0.361 e. The van der Waals surface area contributed by atoms with E-state index in [1.165, 1.54) is 4.90 Å². The van der Waals surface area contributed by atoms with Crippen LogP contribution in [0.1, 0.15) is 26.4 Å². The summed E-state index contributed by atoms with van der Waals surface area (Å²) in [6, 6.07) is 55.7. The Morgan fingerprint density at radius 2 is 1.09 bits per heavy atom. The minimum atomic E-state index is -0.419. The third kappa shape index (κ3) is 5.44. The highest BCUT2D eigenvalue weighted by Crippen LogP contribution is 2.45. The Bertz CT molecular complexity index is 3080. The van der Waals surface area contributed by atoms with Crippen molar-refractivity contribution in [3.05, 3.63) is 198 Å². The predicted molar refractivity (Wildman–Crippen MR) is 227 cm³/mol. The maximum absolute atomic E-state index is 15.2. The second kappa shape index (κ2) is 13.7. The summed E-state index contributed by atoms with van der Waals surface area (Å²) in [5.74, 6) is -0.526. The van der Waals surface area contributed by atoms with Gasteiger partial charge in [-0.05, 0) is 77.9 Å². The summed E-state index contributed by atoms with van der Waals surface area (Å²) in [4.78, 5) is 44.0. The lowest BCUT2D eigenvalue weighted by Gasteiger charge is -2.23. The van der Waals surface area contributed by atoms with Crippen LogP contribution < -0.4 is 4.90 Å². The summed E-state index contributed by atoms with van der Waals surface area (Å²) in [6.45, 7) is 7.52. The fraction of sp³-hybridized carbons (Fsp3) is 0. The first kappa shape index (κ1) is 34.1. The van der Waals surface area contributed by atoms with E-state index in [9.17, 15) is 10.1 Å². The molecule has 0 saturated heterocycles. The molecule has 10 rings (SSSR count). The number of benzene rings is 6. The Labute approximate surface area is 333 Å². The van der Waals surface area contributed by atoms with Gasteiger partial charge in [0.25, 0.3) is 17.6 Å². The largest absolute Gasteiger partial charge is 0.361 e. The molecule has 3 aromatic heterocycles. The molecule has 0 unspecified atom stereocenters. The molecular weight excluding hydrogens is 717 g/mol. The van der Waals surface area contributed by atoms with Gasteiger partial charge >= 0.3 is 0 Å². The minimum absolute atomic E-state index is 0.294. The lowest BCUT2D eigenvalue weighted by molar-refractivity contribution is 0.0926. The molecule has 0 radical (unpaired) electrons. The number of anilines is 1. The molecule has 0 fully saturated rings. The van der Waals surface area contributed by atoms with E-state index < -0.39 is 11.8 Å². The number of carbonyl (C=O) groups excluding carboxylic acids is 2. The molecular formula is C50H28N6O2. The zero-order chi connectivity index (χ0) is 39.3. The van der Waals surface area contributed by atoms with Crippen molar-refractivity contribution in [2.45, 2.75) is 0 Å². The molecule has 1 aliphatic heterocycles. The van der Waals surface area contributed by atoms with Gasteiger partial charge in [-0.15, -0.1) is 4.98 Å². The quantitative estimate of drug-likeness (QED) is 0.125. The van der Waals surface area contributed by atoms with Crippen molar-refractivity contribution < 1.29 is 9.59 Å². The number of carbonyl (C=O) groups is 2. The maximum atomic E-state index is 15.2. The van der Waals surface area contributed by atoms with E-state index in [0.717, 1.165) is 55.2 Å². The number of nitrogens with zero attached hydrogens (tertiary/aromatic N) is 6. The Balaban J connectivity index is 1.20. The molecule has 0 bridgehead atoms. The Hall–Kier alpha value is -8.46. The molecule has 270 valence electrons. The van der Waals surface area contributed by atoms with E-state index in [1.807, 2.05) is 156 Å². The van der Waals surface area contributed by atoms with Crippen molar-refractivity contribution >= 4 is 45.1 Å². The molecule has 6 aromatic carbocycles. The standard InChI is InChI=1S/C50H28N6O2/c1-52-46-23-11-21-42(54-46)34-25-27-44-40(29-34)39-28-33(41-20-8-16-35(30-51)53-41)24-26-43(39)55(44)45-22-10-19-38-47(45)50(58)56(49(38)57)48-36(31-12-4-2-5-13-31)17-9-18-37(48)32-14-6-3-7-15-32/h2-29H. The Morgan fingerprint density at radius 3 is 1.69 bits per heavy atom. The highest BCUT2D eigenvalue weighted by Gasteiger charge is 2.41. The fourth-order valence-corrected chi connectivity index (χ4v) is 8.05. The van der Waals surface area contributed by atoms with Crippen molar-refractivity contribution in [1.82, 2.24) is 14.5 Å². The van der Waals surface area contributed by atoms with Gasteiger partial charge in [-0.25, -0.2) is 9.88 Å². The van der Waals surface area contributed by atoms with Gasteiger partial charge in [0.05, 0.1) is 39.2 Å². The number of hydrogen-bond acceptors (Lipinski definition) is 5. The molecule has 1 aliphatic rings. The van der Waals surface area contributed by atoms with Crippen LogP contribution in [-0.2, 0) is 0 Å². The molecule has 0 spiro atoms. The number of imide groups is 1. The van der Waals surface area contributed by atoms with Gasteiger partial charge in [0.2, 0.25) is 0 Å². The number of fused-ring (bicyclic) bond motifs is 4. The first-order valence-corrected chi connectivity index (χ1v) is 18.6. The Morgan fingerprint density at radius 1 is 0.534 bits per heavy atom. The molecule has 8 nitrogen and oxygen atoms in total. The van der Waals surface area contributed by atoms with E-state index in [2.05, 4.69) is 20.9 Å². The summed E-state index contributed by atoms with van der Waals surface area (Å²) >= 11 is 0. The lowest BCUT2D eigenvalue weighted by Crippen LogP contribution is -2.30.